The van der Waals surface area contributed by atoms with Gasteiger partial charge in [0.1, 0.15) is 0 Å². The van der Waals surface area contributed by atoms with Crippen molar-refractivity contribution in [2.24, 2.45) is 5.92 Å². The highest BCUT2D eigenvalue weighted by Gasteiger charge is 2.36. The molecule has 0 aliphatic heterocycles. The Morgan fingerprint density at radius 3 is 2.43 bits per heavy atom. The third kappa shape index (κ3) is 3.39. The van der Waals surface area contributed by atoms with Gasteiger partial charge in [0.05, 0.1) is 5.41 Å². The van der Waals surface area contributed by atoms with Crippen molar-refractivity contribution in [1.82, 2.24) is 4.90 Å². The number of hydrogen-bond acceptors (Lipinski definition) is 2. The van der Waals surface area contributed by atoms with Gasteiger partial charge in [-0.05, 0) is 50.3 Å². The monoisotopic (exact) mass is 288 g/mol. The molecule has 3 nitrogen and oxygen atoms in total. The van der Waals surface area contributed by atoms with Gasteiger partial charge in [-0.1, -0.05) is 31.9 Å². The first-order valence-electron chi connectivity index (χ1n) is 7.95. The minimum absolute atomic E-state index is 0.200. The molecule has 1 amide bonds. The van der Waals surface area contributed by atoms with Crippen molar-refractivity contribution in [3.63, 3.8) is 0 Å². The number of amides is 1. The maximum Gasteiger partial charge on any atom is 0.232 e. The molecular formula is C18H28N2O. The second-order valence-corrected chi connectivity index (χ2v) is 7.09. The first kappa shape index (κ1) is 15.9. The van der Waals surface area contributed by atoms with Gasteiger partial charge in [0.2, 0.25) is 5.91 Å². The molecule has 0 heterocycles. The predicted molar refractivity (Wildman–Crippen MR) is 88.1 cm³/mol. The molecule has 116 valence electrons. The molecule has 21 heavy (non-hydrogen) atoms. The lowest BCUT2D eigenvalue weighted by molar-refractivity contribution is -0.138. The van der Waals surface area contributed by atoms with Crippen molar-refractivity contribution >= 4 is 11.6 Å². The van der Waals surface area contributed by atoms with Crippen LogP contribution in [-0.2, 0) is 10.2 Å². The zero-order valence-electron chi connectivity index (χ0n) is 13.7. The van der Waals surface area contributed by atoms with E-state index >= 15 is 0 Å². The maximum atomic E-state index is 13.0. The first-order valence-corrected chi connectivity index (χ1v) is 7.95. The number of rotatable bonds is 3. The molecule has 1 aliphatic carbocycles. The van der Waals surface area contributed by atoms with Gasteiger partial charge in [0.15, 0.2) is 0 Å². The van der Waals surface area contributed by atoms with Gasteiger partial charge in [0.25, 0.3) is 0 Å². The number of nitrogen functional groups attached to an aromatic ring is 1. The molecule has 0 bridgehead atoms. The van der Waals surface area contributed by atoms with E-state index in [1.165, 1.54) is 12.8 Å². The summed E-state index contributed by atoms with van der Waals surface area (Å²) in [4.78, 5) is 14.9. The van der Waals surface area contributed by atoms with Gasteiger partial charge in [-0.3, -0.25) is 4.79 Å². The Morgan fingerprint density at radius 1 is 1.24 bits per heavy atom. The fourth-order valence-electron chi connectivity index (χ4n) is 3.38. The molecule has 0 spiro atoms. The number of anilines is 1. The summed E-state index contributed by atoms with van der Waals surface area (Å²) >= 11 is 0. The first-order chi connectivity index (χ1) is 9.82. The summed E-state index contributed by atoms with van der Waals surface area (Å²) in [5.74, 6) is 0.921. The third-order valence-electron chi connectivity index (χ3n) is 4.94. The minimum Gasteiger partial charge on any atom is -0.399 e. The summed E-state index contributed by atoms with van der Waals surface area (Å²) in [7, 11) is 1.96. The summed E-state index contributed by atoms with van der Waals surface area (Å²) in [6.45, 7) is 6.29. The van der Waals surface area contributed by atoms with Crippen molar-refractivity contribution in [1.29, 1.82) is 0 Å². The average molecular weight is 288 g/mol. The molecule has 0 saturated heterocycles. The lowest BCUT2D eigenvalue weighted by Crippen LogP contribution is -2.47. The summed E-state index contributed by atoms with van der Waals surface area (Å²) in [5, 5.41) is 0. The molecule has 2 rings (SSSR count). The number of likely N-dealkylation sites (N-methyl/N-ethyl adjacent to an activating group) is 1. The van der Waals surface area contributed by atoms with E-state index in [1.54, 1.807) is 0 Å². The molecule has 0 radical (unpaired) electrons. The van der Waals surface area contributed by atoms with Crippen LogP contribution in [-0.4, -0.2) is 23.9 Å². The van der Waals surface area contributed by atoms with Gasteiger partial charge in [-0.25, -0.2) is 0 Å². The molecule has 1 aliphatic rings. The Kier molecular flexibility index (Phi) is 4.60. The van der Waals surface area contributed by atoms with Gasteiger partial charge in [-0.2, -0.15) is 0 Å². The number of carbonyl (C=O) groups excluding carboxylic acids is 1. The Balaban J connectivity index is 2.15. The second kappa shape index (κ2) is 6.08. The van der Waals surface area contributed by atoms with E-state index in [2.05, 4.69) is 6.92 Å². The molecule has 1 saturated carbocycles. The van der Waals surface area contributed by atoms with Crippen molar-refractivity contribution in [2.45, 2.75) is 57.9 Å². The van der Waals surface area contributed by atoms with Crippen LogP contribution >= 0.6 is 0 Å². The zero-order chi connectivity index (χ0) is 15.6. The third-order valence-corrected chi connectivity index (χ3v) is 4.94. The van der Waals surface area contributed by atoms with E-state index in [1.807, 2.05) is 50.1 Å². The van der Waals surface area contributed by atoms with Crippen LogP contribution in [0.15, 0.2) is 24.3 Å². The van der Waals surface area contributed by atoms with Gasteiger partial charge < -0.3 is 10.6 Å². The lowest BCUT2D eigenvalue weighted by Gasteiger charge is -2.38. The number of nitrogens with zero attached hydrogens (tertiary/aromatic N) is 1. The lowest BCUT2D eigenvalue weighted by atomic mass is 9.81. The van der Waals surface area contributed by atoms with Crippen LogP contribution in [0, 0.1) is 5.92 Å². The quantitative estimate of drug-likeness (QED) is 0.864. The summed E-state index contributed by atoms with van der Waals surface area (Å²) in [6.07, 6.45) is 4.77. The van der Waals surface area contributed by atoms with Crippen molar-refractivity contribution in [3.8, 4) is 0 Å². The number of hydrogen-bond donors (Lipinski definition) is 1. The Labute approximate surface area is 128 Å². The van der Waals surface area contributed by atoms with Crippen molar-refractivity contribution in [2.75, 3.05) is 12.8 Å². The molecule has 1 aromatic carbocycles. The van der Waals surface area contributed by atoms with Crippen molar-refractivity contribution in [3.05, 3.63) is 29.8 Å². The van der Waals surface area contributed by atoms with Gasteiger partial charge >= 0.3 is 0 Å². The molecule has 1 fully saturated rings. The Hall–Kier alpha value is -1.51. The van der Waals surface area contributed by atoms with Crippen LogP contribution in [0.5, 0.6) is 0 Å². The Bertz CT molecular complexity index is 492. The topological polar surface area (TPSA) is 46.3 Å². The predicted octanol–water partition coefficient (Wildman–Crippen LogP) is 3.58. The molecule has 2 atom stereocenters. The molecule has 1 aromatic rings. The summed E-state index contributed by atoms with van der Waals surface area (Å²) in [5.41, 5.74) is 6.99. The van der Waals surface area contributed by atoms with E-state index < -0.39 is 5.41 Å². The average Bonchev–Trinajstić information content (AvgIpc) is 2.46. The van der Waals surface area contributed by atoms with Gasteiger partial charge in [-0.15, -0.1) is 0 Å². The SMILES string of the molecule is CC1CCCC(N(C)C(=O)C(C)(C)c2ccc(N)cc2)C1. The highest BCUT2D eigenvalue weighted by atomic mass is 16.2. The van der Waals surface area contributed by atoms with Crippen LogP contribution < -0.4 is 5.73 Å². The van der Waals surface area contributed by atoms with Crippen LogP contribution in [0.1, 0.15) is 52.0 Å². The smallest absolute Gasteiger partial charge is 0.232 e. The molecule has 2 N–H and O–H groups in total. The van der Waals surface area contributed by atoms with E-state index in [9.17, 15) is 4.79 Å². The largest absolute Gasteiger partial charge is 0.399 e. The fourth-order valence-corrected chi connectivity index (χ4v) is 3.38. The van der Waals surface area contributed by atoms with E-state index in [0.29, 0.717) is 6.04 Å². The van der Waals surface area contributed by atoms with E-state index in [-0.39, 0.29) is 5.91 Å². The summed E-state index contributed by atoms with van der Waals surface area (Å²) < 4.78 is 0. The fraction of sp³-hybridized carbons (Fsp3) is 0.611. The van der Waals surface area contributed by atoms with Gasteiger partial charge in [0, 0.05) is 18.8 Å². The molecule has 3 heteroatoms. The number of nitrogens with two attached hydrogens (primary N) is 1. The van der Waals surface area contributed by atoms with Crippen molar-refractivity contribution < 1.29 is 4.79 Å². The highest BCUT2D eigenvalue weighted by molar-refractivity contribution is 5.87. The maximum absolute atomic E-state index is 13.0. The van der Waals surface area contributed by atoms with Crippen LogP contribution in [0.2, 0.25) is 0 Å². The van der Waals surface area contributed by atoms with Crippen LogP contribution in [0.25, 0.3) is 0 Å². The van der Waals surface area contributed by atoms with Crippen LogP contribution in [0.4, 0.5) is 5.69 Å². The minimum atomic E-state index is -0.511. The van der Waals surface area contributed by atoms with E-state index in [0.717, 1.165) is 30.0 Å². The number of benzene rings is 1. The zero-order valence-corrected chi connectivity index (χ0v) is 13.7. The summed E-state index contributed by atoms with van der Waals surface area (Å²) in [6, 6.07) is 8.05. The number of carbonyl (C=O) groups is 1. The molecular weight excluding hydrogens is 260 g/mol. The highest BCUT2D eigenvalue weighted by Crippen LogP contribution is 2.31. The van der Waals surface area contributed by atoms with Crippen LogP contribution in [0.3, 0.4) is 0 Å². The molecule has 2 unspecified atom stereocenters. The normalized spacial score (nSPS) is 22.9. The second-order valence-electron chi connectivity index (χ2n) is 7.09. The molecule has 0 aromatic heterocycles. The Morgan fingerprint density at radius 2 is 1.86 bits per heavy atom. The van der Waals surface area contributed by atoms with E-state index in [4.69, 9.17) is 5.73 Å². The standard InChI is InChI=1S/C18H28N2O/c1-13-6-5-7-16(12-13)20(4)17(21)18(2,3)14-8-10-15(19)11-9-14/h8-11,13,16H,5-7,12,19H2,1-4H3.